The van der Waals surface area contributed by atoms with E-state index < -0.39 is 0 Å². The second kappa shape index (κ2) is 9.54. The van der Waals surface area contributed by atoms with E-state index in [0.29, 0.717) is 11.9 Å². The summed E-state index contributed by atoms with van der Waals surface area (Å²) in [6.07, 6.45) is 5.12. The number of pyridine rings is 1. The van der Waals surface area contributed by atoms with Gasteiger partial charge in [-0.05, 0) is 55.9 Å². The van der Waals surface area contributed by atoms with Gasteiger partial charge in [0.25, 0.3) is 0 Å². The van der Waals surface area contributed by atoms with E-state index >= 15 is 0 Å². The van der Waals surface area contributed by atoms with Crippen LogP contribution in [0.4, 0.5) is 10.2 Å². The molecule has 0 radical (unpaired) electrons. The highest BCUT2D eigenvalue weighted by Crippen LogP contribution is 2.28. The standard InChI is InChI=1S/C21H29FN6S/c1-23-21(25-14-18(19-7-5-13-29-19)27-10-2-3-11-27)26-16-8-12-28(15-16)20-17(22)6-4-9-24-20/h4-7,9,13,16,18H,2-3,8,10-12,14-15H2,1H3,(H2,23,25,26). The monoisotopic (exact) mass is 416 g/mol. The van der Waals surface area contributed by atoms with Gasteiger partial charge in [0.15, 0.2) is 17.6 Å². The summed E-state index contributed by atoms with van der Waals surface area (Å²) in [6, 6.07) is 8.03. The van der Waals surface area contributed by atoms with Gasteiger partial charge in [-0.3, -0.25) is 9.89 Å². The molecule has 2 aliphatic rings. The normalized spacial score (nSPS) is 21.5. The van der Waals surface area contributed by atoms with Crippen LogP contribution in [0.1, 0.15) is 30.2 Å². The third-order valence-corrected chi connectivity index (χ3v) is 6.68. The molecule has 29 heavy (non-hydrogen) atoms. The van der Waals surface area contributed by atoms with Crippen molar-refractivity contribution in [3.05, 3.63) is 46.5 Å². The molecule has 156 valence electrons. The lowest BCUT2D eigenvalue weighted by Crippen LogP contribution is -2.47. The predicted octanol–water partition coefficient (Wildman–Crippen LogP) is 2.86. The summed E-state index contributed by atoms with van der Waals surface area (Å²) in [4.78, 5) is 14.6. The van der Waals surface area contributed by atoms with Crippen molar-refractivity contribution >= 4 is 23.1 Å². The molecule has 4 rings (SSSR count). The van der Waals surface area contributed by atoms with Crippen molar-refractivity contribution in [3.63, 3.8) is 0 Å². The zero-order valence-electron chi connectivity index (χ0n) is 16.9. The van der Waals surface area contributed by atoms with Crippen molar-refractivity contribution in [1.82, 2.24) is 20.5 Å². The molecule has 8 heteroatoms. The maximum atomic E-state index is 14.0. The van der Waals surface area contributed by atoms with E-state index in [1.165, 1.54) is 23.8 Å². The quantitative estimate of drug-likeness (QED) is 0.560. The van der Waals surface area contributed by atoms with Crippen LogP contribution in [-0.4, -0.2) is 61.7 Å². The van der Waals surface area contributed by atoms with Gasteiger partial charge in [0.05, 0.1) is 6.04 Å². The first-order chi connectivity index (χ1) is 14.2. The van der Waals surface area contributed by atoms with Gasteiger partial charge in [0.2, 0.25) is 0 Å². The zero-order chi connectivity index (χ0) is 20.1. The fraction of sp³-hybridized carbons (Fsp3) is 0.524. The Bertz CT molecular complexity index is 805. The average molecular weight is 417 g/mol. The first-order valence-electron chi connectivity index (χ1n) is 10.3. The Balaban J connectivity index is 1.33. The Morgan fingerprint density at radius 3 is 2.90 bits per heavy atom. The Morgan fingerprint density at radius 2 is 2.17 bits per heavy atom. The van der Waals surface area contributed by atoms with Crippen molar-refractivity contribution in [2.24, 2.45) is 4.99 Å². The molecule has 4 heterocycles. The molecule has 2 fully saturated rings. The van der Waals surface area contributed by atoms with E-state index in [2.05, 4.69) is 43.0 Å². The minimum atomic E-state index is -0.264. The summed E-state index contributed by atoms with van der Waals surface area (Å²) in [5, 5.41) is 9.18. The maximum Gasteiger partial charge on any atom is 0.191 e. The molecule has 2 aromatic rings. The Labute approximate surface area is 175 Å². The van der Waals surface area contributed by atoms with Gasteiger partial charge in [-0.1, -0.05) is 6.07 Å². The minimum Gasteiger partial charge on any atom is -0.354 e. The number of guanidine groups is 1. The van der Waals surface area contributed by atoms with Gasteiger partial charge in [0, 0.05) is 43.8 Å². The van der Waals surface area contributed by atoms with Gasteiger partial charge in [-0.25, -0.2) is 9.37 Å². The topological polar surface area (TPSA) is 55.8 Å². The molecule has 2 aliphatic heterocycles. The van der Waals surface area contributed by atoms with E-state index in [-0.39, 0.29) is 11.9 Å². The highest BCUT2D eigenvalue weighted by atomic mass is 32.1. The number of anilines is 1. The largest absolute Gasteiger partial charge is 0.354 e. The molecule has 2 unspecified atom stereocenters. The fourth-order valence-corrected chi connectivity index (χ4v) is 5.07. The van der Waals surface area contributed by atoms with Crippen LogP contribution in [0.5, 0.6) is 0 Å². The number of nitrogens with zero attached hydrogens (tertiary/aromatic N) is 4. The number of likely N-dealkylation sites (tertiary alicyclic amines) is 1. The second-order valence-electron chi connectivity index (χ2n) is 7.61. The molecule has 6 nitrogen and oxygen atoms in total. The second-order valence-corrected chi connectivity index (χ2v) is 8.59. The summed E-state index contributed by atoms with van der Waals surface area (Å²) in [5.41, 5.74) is 0. The third-order valence-electron chi connectivity index (χ3n) is 5.71. The highest BCUT2D eigenvalue weighted by Gasteiger charge is 2.27. The maximum absolute atomic E-state index is 14.0. The summed E-state index contributed by atoms with van der Waals surface area (Å²) < 4.78 is 14.0. The SMILES string of the molecule is CN=C(NCC(c1cccs1)N1CCCC1)NC1CCN(c2ncccc2F)C1. The summed E-state index contributed by atoms with van der Waals surface area (Å²) >= 11 is 1.82. The summed E-state index contributed by atoms with van der Waals surface area (Å²) in [5.74, 6) is 0.977. The molecule has 0 saturated carbocycles. The molecular formula is C21H29FN6S. The van der Waals surface area contributed by atoms with Crippen molar-refractivity contribution in [2.45, 2.75) is 31.3 Å². The van der Waals surface area contributed by atoms with Crippen LogP contribution in [0.2, 0.25) is 0 Å². The lowest BCUT2D eigenvalue weighted by molar-refractivity contribution is 0.249. The van der Waals surface area contributed by atoms with Gasteiger partial charge in [0.1, 0.15) is 0 Å². The molecular weight excluding hydrogens is 387 g/mol. The van der Waals surface area contributed by atoms with Crippen LogP contribution in [0.25, 0.3) is 0 Å². The smallest absolute Gasteiger partial charge is 0.191 e. The molecule has 2 aromatic heterocycles. The molecule has 2 N–H and O–H groups in total. The number of hydrogen-bond donors (Lipinski definition) is 2. The average Bonchev–Trinajstić information content (AvgIpc) is 3.51. The molecule has 2 saturated heterocycles. The number of halogens is 1. The highest BCUT2D eigenvalue weighted by molar-refractivity contribution is 7.10. The van der Waals surface area contributed by atoms with E-state index in [1.54, 1.807) is 19.3 Å². The van der Waals surface area contributed by atoms with Crippen molar-refractivity contribution in [3.8, 4) is 0 Å². The number of aromatic nitrogens is 1. The lowest BCUT2D eigenvalue weighted by Gasteiger charge is -2.28. The number of nitrogens with one attached hydrogen (secondary N) is 2. The van der Waals surface area contributed by atoms with E-state index in [4.69, 9.17) is 0 Å². The molecule has 0 aliphatic carbocycles. The predicted molar refractivity (Wildman–Crippen MR) is 117 cm³/mol. The molecule has 0 bridgehead atoms. The lowest BCUT2D eigenvalue weighted by atomic mass is 10.2. The first kappa shape index (κ1) is 20.1. The van der Waals surface area contributed by atoms with Crippen molar-refractivity contribution in [2.75, 3.05) is 44.7 Å². The van der Waals surface area contributed by atoms with Crippen LogP contribution in [0.15, 0.2) is 40.8 Å². The van der Waals surface area contributed by atoms with Crippen LogP contribution in [0.3, 0.4) is 0 Å². The van der Waals surface area contributed by atoms with Crippen LogP contribution >= 0.6 is 11.3 Å². The number of rotatable bonds is 6. The Morgan fingerprint density at radius 1 is 1.31 bits per heavy atom. The van der Waals surface area contributed by atoms with Crippen LogP contribution < -0.4 is 15.5 Å². The van der Waals surface area contributed by atoms with Gasteiger partial charge in [-0.2, -0.15) is 0 Å². The van der Waals surface area contributed by atoms with Crippen LogP contribution in [-0.2, 0) is 0 Å². The minimum absolute atomic E-state index is 0.217. The molecule has 0 spiro atoms. The summed E-state index contributed by atoms with van der Waals surface area (Å²) in [6.45, 7) is 4.64. The van der Waals surface area contributed by atoms with Gasteiger partial charge < -0.3 is 15.5 Å². The van der Waals surface area contributed by atoms with Crippen LogP contribution in [0, 0.1) is 5.82 Å². The number of thiophene rings is 1. The number of aliphatic imine (C=N–C) groups is 1. The van der Waals surface area contributed by atoms with Gasteiger partial charge >= 0.3 is 0 Å². The molecule has 0 amide bonds. The van der Waals surface area contributed by atoms with Gasteiger partial charge in [-0.15, -0.1) is 11.3 Å². The Hall–Kier alpha value is -2.19. The zero-order valence-corrected chi connectivity index (χ0v) is 17.7. The first-order valence-corrected chi connectivity index (χ1v) is 11.2. The Kier molecular flexibility index (Phi) is 6.61. The van der Waals surface area contributed by atoms with E-state index in [9.17, 15) is 4.39 Å². The van der Waals surface area contributed by atoms with E-state index in [1.807, 2.05) is 16.2 Å². The molecule has 2 atom stereocenters. The van der Waals surface area contributed by atoms with Crippen molar-refractivity contribution < 1.29 is 4.39 Å². The number of hydrogen-bond acceptors (Lipinski definition) is 5. The molecule has 0 aromatic carbocycles. The van der Waals surface area contributed by atoms with E-state index in [0.717, 1.165) is 45.1 Å². The summed E-state index contributed by atoms with van der Waals surface area (Å²) in [7, 11) is 1.80. The third kappa shape index (κ3) is 4.87. The fourth-order valence-electron chi connectivity index (χ4n) is 4.21. The van der Waals surface area contributed by atoms with Crippen molar-refractivity contribution in [1.29, 1.82) is 0 Å².